The zero-order valence-electron chi connectivity index (χ0n) is 11.0. The minimum atomic E-state index is -1.34. The number of carbonyl (C=O) groups excluding carboxylic acids is 1. The van der Waals surface area contributed by atoms with E-state index in [1.807, 2.05) is 0 Å². The predicted octanol–water partition coefficient (Wildman–Crippen LogP) is 1.00. The van der Waals surface area contributed by atoms with Crippen molar-refractivity contribution in [3.63, 3.8) is 0 Å². The van der Waals surface area contributed by atoms with Crippen molar-refractivity contribution in [1.29, 1.82) is 0 Å². The lowest BCUT2D eigenvalue weighted by Crippen LogP contribution is -2.26. The molecule has 0 unspecified atom stereocenters. The Kier molecular flexibility index (Phi) is 6.63. The first-order valence-electron chi connectivity index (χ1n) is 6.07. The minimum Gasteiger partial charge on any atom is -0.394 e. The fourth-order valence-electron chi connectivity index (χ4n) is 1.49. The zero-order chi connectivity index (χ0) is 15.8. The molecule has 9 heteroatoms. The van der Waals surface area contributed by atoms with Crippen LogP contribution in [0.3, 0.4) is 0 Å². The third-order valence-electron chi connectivity index (χ3n) is 2.46. The van der Waals surface area contributed by atoms with E-state index >= 15 is 0 Å². The third-order valence-corrected chi connectivity index (χ3v) is 2.46. The molecule has 1 amide bonds. The Morgan fingerprint density at radius 2 is 2.05 bits per heavy atom. The molecule has 0 heterocycles. The zero-order valence-corrected chi connectivity index (χ0v) is 11.0. The average Bonchev–Trinajstić information content (AvgIpc) is 2.42. The lowest BCUT2D eigenvalue weighted by Gasteiger charge is -2.07. The molecule has 21 heavy (non-hydrogen) atoms. The lowest BCUT2D eigenvalue weighted by atomic mass is 10.1. The van der Waals surface area contributed by atoms with Crippen molar-refractivity contribution < 1.29 is 28.3 Å². The number of hydrogen-bond acceptors (Lipinski definition) is 5. The quantitative estimate of drug-likeness (QED) is 0.424. The van der Waals surface area contributed by atoms with Gasteiger partial charge in [0.25, 0.3) is 5.91 Å². The van der Waals surface area contributed by atoms with E-state index in [-0.39, 0.29) is 26.4 Å². The van der Waals surface area contributed by atoms with Gasteiger partial charge in [-0.3, -0.25) is 14.9 Å². The number of hydrogen-bond donors (Lipinski definition) is 2. The molecular weight excluding hydrogens is 290 g/mol. The van der Waals surface area contributed by atoms with Crippen molar-refractivity contribution in [2.45, 2.75) is 6.42 Å². The number of benzene rings is 1. The van der Waals surface area contributed by atoms with E-state index in [1.165, 1.54) is 0 Å². The molecule has 0 radical (unpaired) electrons. The molecule has 0 spiro atoms. The second-order valence-corrected chi connectivity index (χ2v) is 3.99. The van der Waals surface area contributed by atoms with Crippen molar-refractivity contribution >= 4 is 11.6 Å². The number of rotatable bonds is 8. The summed E-state index contributed by atoms with van der Waals surface area (Å²) >= 11 is 0. The smallest absolute Gasteiger partial charge is 0.305 e. The molecule has 7 nitrogen and oxygen atoms in total. The summed E-state index contributed by atoms with van der Waals surface area (Å²) in [7, 11) is 0. The van der Waals surface area contributed by atoms with E-state index in [2.05, 4.69) is 5.32 Å². The molecule has 1 aromatic carbocycles. The Morgan fingerprint density at radius 3 is 2.67 bits per heavy atom. The number of amides is 1. The van der Waals surface area contributed by atoms with E-state index in [0.717, 1.165) is 0 Å². The SMILES string of the molecule is O=C(NCCCOCCO)c1cc([N+](=O)[O-])c(F)cc1F. The third kappa shape index (κ3) is 5.04. The van der Waals surface area contributed by atoms with Gasteiger partial charge in [-0.15, -0.1) is 0 Å². The van der Waals surface area contributed by atoms with Gasteiger partial charge in [-0.25, -0.2) is 4.39 Å². The number of halogens is 2. The fraction of sp³-hybridized carbons (Fsp3) is 0.417. The number of aliphatic hydroxyl groups is 1. The van der Waals surface area contributed by atoms with Crippen LogP contribution in [0.5, 0.6) is 0 Å². The van der Waals surface area contributed by atoms with E-state index in [0.29, 0.717) is 18.6 Å². The van der Waals surface area contributed by atoms with E-state index in [4.69, 9.17) is 9.84 Å². The molecule has 0 aliphatic heterocycles. The van der Waals surface area contributed by atoms with E-state index in [1.54, 1.807) is 0 Å². The van der Waals surface area contributed by atoms with Crippen LogP contribution in [0.2, 0.25) is 0 Å². The molecule has 0 aromatic heterocycles. The predicted molar refractivity (Wildman–Crippen MR) is 67.9 cm³/mol. The van der Waals surface area contributed by atoms with Crippen LogP contribution in [0.15, 0.2) is 12.1 Å². The van der Waals surface area contributed by atoms with Gasteiger partial charge in [-0.1, -0.05) is 0 Å². The number of nitrogens with one attached hydrogen (secondary N) is 1. The summed E-state index contributed by atoms with van der Waals surface area (Å²) in [5.41, 5.74) is -1.56. The van der Waals surface area contributed by atoms with Gasteiger partial charge in [0.15, 0.2) is 0 Å². The van der Waals surface area contributed by atoms with Gasteiger partial charge in [0, 0.05) is 25.3 Å². The van der Waals surface area contributed by atoms with Crippen LogP contribution >= 0.6 is 0 Å². The lowest BCUT2D eigenvalue weighted by molar-refractivity contribution is -0.387. The Labute approximate surface area is 118 Å². The molecule has 0 aliphatic carbocycles. The summed E-state index contributed by atoms with van der Waals surface area (Å²) in [4.78, 5) is 21.2. The molecule has 0 aliphatic rings. The van der Waals surface area contributed by atoms with E-state index < -0.39 is 33.7 Å². The number of carbonyl (C=O) groups is 1. The van der Waals surface area contributed by atoms with Crippen LogP contribution in [0.1, 0.15) is 16.8 Å². The summed E-state index contributed by atoms with van der Waals surface area (Å²) < 4.78 is 31.5. The highest BCUT2D eigenvalue weighted by molar-refractivity contribution is 5.95. The van der Waals surface area contributed by atoms with Gasteiger partial charge in [-0.05, 0) is 6.42 Å². The maximum atomic E-state index is 13.4. The number of ether oxygens (including phenoxy) is 1. The molecule has 1 aromatic rings. The van der Waals surface area contributed by atoms with Gasteiger partial charge < -0.3 is 15.2 Å². The summed E-state index contributed by atoms with van der Waals surface area (Å²) in [5.74, 6) is -3.39. The first-order valence-corrected chi connectivity index (χ1v) is 6.07. The van der Waals surface area contributed by atoms with Crippen LogP contribution in [0.25, 0.3) is 0 Å². The Balaban J connectivity index is 2.61. The highest BCUT2D eigenvalue weighted by atomic mass is 19.1. The molecule has 116 valence electrons. The second-order valence-electron chi connectivity index (χ2n) is 3.99. The molecule has 0 saturated carbocycles. The van der Waals surface area contributed by atoms with Gasteiger partial charge in [0.1, 0.15) is 5.82 Å². The molecule has 1 rings (SSSR count). The van der Waals surface area contributed by atoms with Gasteiger partial charge in [-0.2, -0.15) is 4.39 Å². The second kappa shape index (κ2) is 8.22. The van der Waals surface area contributed by atoms with Gasteiger partial charge >= 0.3 is 5.69 Å². The fourth-order valence-corrected chi connectivity index (χ4v) is 1.49. The highest BCUT2D eigenvalue weighted by Crippen LogP contribution is 2.21. The Morgan fingerprint density at radius 1 is 1.33 bits per heavy atom. The first kappa shape index (κ1) is 16.9. The summed E-state index contributed by atoms with van der Waals surface area (Å²) in [6.45, 7) is 0.491. The standard InChI is InChI=1S/C12H14F2N2O5/c13-9-7-10(14)11(16(19)20)6-8(9)12(18)15-2-1-4-21-5-3-17/h6-7,17H,1-5H2,(H,15,18). The Hall–Kier alpha value is -2.13. The summed E-state index contributed by atoms with van der Waals surface area (Å²) in [6, 6.07) is 0.861. The van der Waals surface area contributed by atoms with Crippen LogP contribution in [-0.4, -0.2) is 42.3 Å². The van der Waals surface area contributed by atoms with Gasteiger partial charge in [0.2, 0.25) is 5.82 Å². The maximum absolute atomic E-state index is 13.4. The van der Waals surface area contributed by atoms with Crippen molar-refractivity contribution in [3.05, 3.63) is 39.4 Å². The largest absolute Gasteiger partial charge is 0.394 e. The van der Waals surface area contributed by atoms with Crippen molar-refractivity contribution in [1.82, 2.24) is 5.32 Å². The Bertz CT molecular complexity index is 525. The number of nitro benzene ring substituents is 1. The monoisotopic (exact) mass is 304 g/mol. The normalized spacial score (nSPS) is 10.4. The average molecular weight is 304 g/mol. The van der Waals surface area contributed by atoms with Crippen molar-refractivity contribution in [2.75, 3.05) is 26.4 Å². The summed E-state index contributed by atoms with van der Waals surface area (Å²) in [6.07, 6.45) is 0.413. The van der Waals surface area contributed by atoms with Crippen molar-refractivity contribution in [3.8, 4) is 0 Å². The minimum absolute atomic E-state index is 0.114. The summed E-state index contributed by atoms with van der Waals surface area (Å²) in [5, 5.41) is 21.3. The first-order chi connectivity index (χ1) is 9.97. The van der Waals surface area contributed by atoms with E-state index in [9.17, 15) is 23.7 Å². The van der Waals surface area contributed by atoms with Gasteiger partial charge in [0.05, 0.1) is 23.7 Å². The van der Waals surface area contributed by atoms with Crippen LogP contribution < -0.4 is 5.32 Å². The highest BCUT2D eigenvalue weighted by Gasteiger charge is 2.22. The topological polar surface area (TPSA) is 102 Å². The van der Waals surface area contributed by atoms with Crippen LogP contribution in [-0.2, 0) is 4.74 Å². The van der Waals surface area contributed by atoms with Crippen molar-refractivity contribution in [2.24, 2.45) is 0 Å². The molecule has 0 bridgehead atoms. The molecule has 2 N–H and O–H groups in total. The molecule has 0 saturated heterocycles. The number of aliphatic hydroxyl groups excluding tert-OH is 1. The van der Waals surface area contributed by atoms with Crippen LogP contribution in [0, 0.1) is 21.7 Å². The molecule has 0 fully saturated rings. The molecular formula is C12H14F2N2O5. The number of nitro groups is 1. The number of nitrogens with zero attached hydrogens (tertiary/aromatic N) is 1. The maximum Gasteiger partial charge on any atom is 0.305 e. The molecule has 0 atom stereocenters. The van der Waals surface area contributed by atoms with Crippen LogP contribution in [0.4, 0.5) is 14.5 Å².